The van der Waals surface area contributed by atoms with Gasteiger partial charge >= 0.3 is 0 Å². The summed E-state index contributed by atoms with van der Waals surface area (Å²) >= 11 is 0. The van der Waals surface area contributed by atoms with Crippen LogP contribution in [0.25, 0.3) is 0 Å². The van der Waals surface area contributed by atoms with E-state index < -0.39 is 0 Å². The number of halogens is 1. The van der Waals surface area contributed by atoms with Crippen LogP contribution in [0.2, 0.25) is 0 Å². The average molecular weight is 477 g/mol. The van der Waals surface area contributed by atoms with Crippen LogP contribution in [0.4, 0.5) is 16.0 Å². The molecule has 0 radical (unpaired) electrons. The Balaban J connectivity index is 1.37. The maximum absolute atomic E-state index is 13.3. The molecule has 0 N–H and O–H groups in total. The number of hydrogen-bond acceptors (Lipinski definition) is 7. The first kappa shape index (κ1) is 23.1. The summed E-state index contributed by atoms with van der Waals surface area (Å²) in [4.78, 5) is 27.1. The van der Waals surface area contributed by atoms with Gasteiger partial charge in [0, 0.05) is 50.3 Å². The van der Waals surface area contributed by atoms with Crippen molar-refractivity contribution in [3.05, 3.63) is 70.8 Å². The van der Waals surface area contributed by atoms with Gasteiger partial charge in [-0.3, -0.25) is 4.79 Å². The summed E-state index contributed by atoms with van der Waals surface area (Å²) in [5.74, 6) is 1.91. The number of Topliss-reactive ketones (excluding diaryl/α,β-unsaturated/α-hetero) is 1. The Morgan fingerprint density at radius 2 is 1.63 bits per heavy atom. The summed E-state index contributed by atoms with van der Waals surface area (Å²) < 4.78 is 24.2. The molecule has 1 atom stereocenters. The predicted molar refractivity (Wildman–Crippen MR) is 133 cm³/mol. The number of rotatable bonds is 5. The van der Waals surface area contributed by atoms with Crippen molar-refractivity contribution in [2.75, 3.05) is 50.2 Å². The number of aromatic nitrogens is 2. The molecule has 0 amide bonds. The molecule has 0 spiro atoms. The van der Waals surface area contributed by atoms with Crippen LogP contribution in [0.15, 0.2) is 42.5 Å². The zero-order valence-corrected chi connectivity index (χ0v) is 20.3. The lowest BCUT2D eigenvalue weighted by Gasteiger charge is -2.36. The van der Waals surface area contributed by atoms with Crippen LogP contribution in [0.1, 0.15) is 39.6 Å². The molecule has 0 bridgehead atoms. The number of anilines is 2. The molecule has 8 heteroatoms. The number of methoxy groups -OCH3 is 2. The van der Waals surface area contributed by atoms with E-state index in [4.69, 9.17) is 19.4 Å². The normalized spacial score (nSPS) is 17.8. The lowest BCUT2D eigenvalue weighted by atomic mass is 9.81. The van der Waals surface area contributed by atoms with Crippen molar-refractivity contribution in [1.29, 1.82) is 0 Å². The van der Waals surface area contributed by atoms with Crippen LogP contribution < -0.4 is 19.3 Å². The summed E-state index contributed by atoms with van der Waals surface area (Å²) in [7, 11) is 3.25. The quantitative estimate of drug-likeness (QED) is 0.547. The number of carbonyl (C=O) groups excluding carboxylic acids is 1. The summed E-state index contributed by atoms with van der Waals surface area (Å²) in [6.45, 7) is 4.97. The number of aryl methyl sites for hydroxylation is 1. The largest absolute Gasteiger partial charge is 0.497 e. The van der Waals surface area contributed by atoms with Crippen molar-refractivity contribution in [2.45, 2.75) is 25.7 Å². The minimum atomic E-state index is -0.231. The maximum Gasteiger partial charge on any atom is 0.225 e. The molecular weight excluding hydrogens is 447 g/mol. The lowest BCUT2D eigenvalue weighted by molar-refractivity contribution is 0.0961. The van der Waals surface area contributed by atoms with E-state index >= 15 is 0 Å². The molecule has 2 heterocycles. The van der Waals surface area contributed by atoms with E-state index in [1.54, 1.807) is 14.2 Å². The van der Waals surface area contributed by atoms with Crippen molar-refractivity contribution >= 4 is 17.4 Å². The zero-order valence-electron chi connectivity index (χ0n) is 20.3. The SMILES string of the molecule is COc1ccc(C2CC(=O)c3c(C)nc(N4CCN(c5ccc(F)cc5)CC4)nc3C2)c(OC)c1. The van der Waals surface area contributed by atoms with E-state index in [1.165, 1.54) is 12.1 Å². The molecule has 1 saturated heterocycles. The van der Waals surface area contributed by atoms with Gasteiger partial charge in [0.25, 0.3) is 0 Å². The van der Waals surface area contributed by atoms with Gasteiger partial charge in [0.15, 0.2) is 5.78 Å². The summed E-state index contributed by atoms with van der Waals surface area (Å²) in [6, 6.07) is 12.3. The number of ether oxygens (including phenoxy) is 2. The molecule has 1 aliphatic heterocycles. The number of nitrogens with zero attached hydrogens (tertiary/aromatic N) is 4. The fraction of sp³-hybridized carbons (Fsp3) is 0.370. The number of fused-ring (bicyclic) bond motifs is 1. The Labute approximate surface area is 204 Å². The fourth-order valence-electron chi connectivity index (χ4n) is 5.09. The first-order chi connectivity index (χ1) is 17.0. The number of carbonyl (C=O) groups is 1. The van der Waals surface area contributed by atoms with Crippen molar-refractivity contribution in [3.8, 4) is 11.5 Å². The second-order valence-electron chi connectivity index (χ2n) is 9.02. The second kappa shape index (κ2) is 9.52. The highest BCUT2D eigenvalue weighted by molar-refractivity contribution is 5.99. The second-order valence-corrected chi connectivity index (χ2v) is 9.02. The zero-order chi connectivity index (χ0) is 24.5. The van der Waals surface area contributed by atoms with Crippen LogP contribution >= 0.6 is 0 Å². The summed E-state index contributed by atoms with van der Waals surface area (Å²) in [6.07, 6.45) is 1.05. The van der Waals surface area contributed by atoms with Crippen molar-refractivity contribution < 1.29 is 18.7 Å². The number of ketones is 1. The Hall–Kier alpha value is -3.68. The minimum absolute atomic E-state index is 0.0201. The lowest BCUT2D eigenvalue weighted by Crippen LogP contribution is -2.47. The topological polar surface area (TPSA) is 67.8 Å². The third-order valence-corrected chi connectivity index (χ3v) is 6.94. The monoisotopic (exact) mass is 476 g/mol. The Morgan fingerprint density at radius 3 is 2.31 bits per heavy atom. The molecule has 1 aliphatic carbocycles. The molecule has 182 valence electrons. The van der Waals surface area contributed by atoms with Gasteiger partial charge in [0.2, 0.25) is 5.95 Å². The molecule has 35 heavy (non-hydrogen) atoms. The molecule has 0 saturated carbocycles. The Bertz CT molecular complexity index is 1240. The molecule has 1 unspecified atom stereocenters. The first-order valence-corrected chi connectivity index (χ1v) is 11.8. The van der Waals surface area contributed by atoms with E-state index in [1.807, 2.05) is 37.3 Å². The van der Waals surface area contributed by atoms with Crippen LogP contribution in [0.5, 0.6) is 11.5 Å². The van der Waals surface area contributed by atoms with Crippen LogP contribution in [0, 0.1) is 12.7 Å². The molecule has 7 nitrogen and oxygen atoms in total. The third kappa shape index (κ3) is 4.52. The molecule has 1 fully saturated rings. The van der Waals surface area contributed by atoms with Crippen molar-refractivity contribution in [3.63, 3.8) is 0 Å². The van der Waals surface area contributed by atoms with Gasteiger partial charge in [0.05, 0.1) is 31.2 Å². The van der Waals surface area contributed by atoms with E-state index in [-0.39, 0.29) is 17.5 Å². The Morgan fingerprint density at radius 1 is 0.914 bits per heavy atom. The molecule has 5 rings (SSSR count). The van der Waals surface area contributed by atoms with Crippen LogP contribution in [-0.2, 0) is 6.42 Å². The number of benzene rings is 2. The minimum Gasteiger partial charge on any atom is -0.497 e. The van der Waals surface area contributed by atoms with Gasteiger partial charge in [-0.15, -0.1) is 0 Å². The van der Waals surface area contributed by atoms with Gasteiger partial charge in [-0.05, 0) is 49.2 Å². The third-order valence-electron chi connectivity index (χ3n) is 6.94. The highest BCUT2D eigenvalue weighted by Gasteiger charge is 2.32. The van der Waals surface area contributed by atoms with Crippen LogP contribution in [-0.4, -0.2) is 56.1 Å². The van der Waals surface area contributed by atoms with E-state index in [0.717, 1.165) is 48.8 Å². The molecule has 3 aromatic rings. The van der Waals surface area contributed by atoms with Crippen molar-refractivity contribution in [2.24, 2.45) is 0 Å². The van der Waals surface area contributed by atoms with Crippen molar-refractivity contribution in [1.82, 2.24) is 9.97 Å². The van der Waals surface area contributed by atoms with E-state index in [2.05, 4.69) is 9.80 Å². The summed E-state index contributed by atoms with van der Waals surface area (Å²) in [5.41, 5.74) is 4.18. The smallest absolute Gasteiger partial charge is 0.225 e. The van der Waals surface area contributed by atoms with Gasteiger partial charge < -0.3 is 19.3 Å². The standard InChI is InChI=1S/C27H29FN4O3/c1-17-26-23(14-18(15-24(26)33)22-9-8-21(34-2)16-25(22)35-3)30-27(29-17)32-12-10-31(11-13-32)20-6-4-19(28)5-7-20/h4-9,16,18H,10-15H2,1-3H3. The highest BCUT2D eigenvalue weighted by Crippen LogP contribution is 2.39. The average Bonchev–Trinajstić information content (AvgIpc) is 2.88. The number of piperazine rings is 1. The highest BCUT2D eigenvalue weighted by atomic mass is 19.1. The molecule has 2 aliphatic rings. The van der Waals surface area contributed by atoms with E-state index in [0.29, 0.717) is 35.9 Å². The Kier molecular flexibility index (Phi) is 6.28. The number of hydrogen-bond donors (Lipinski definition) is 0. The van der Waals surface area contributed by atoms with Gasteiger partial charge in [-0.25, -0.2) is 14.4 Å². The van der Waals surface area contributed by atoms with Gasteiger partial charge in [0.1, 0.15) is 17.3 Å². The van der Waals surface area contributed by atoms with E-state index in [9.17, 15) is 9.18 Å². The molecular formula is C27H29FN4O3. The maximum atomic E-state index is 13.3. The first-order valence-electron chi connectivity index (χ1n) is 11.8. The van der Waals surface area contributed by atoms with Crippen LogP contribution in [0.3, 0.4) is 0 Å². The molecule has 2 aromatic carbocycles. The predicted octanol–water partition coefficient (Wildman–Crippen LogP) is 4.18. The molecule has 1 aromatic heterocycles. The summed E-state index contributed by atoms with van der Waals surface area (Å²) in [5, 5.41) is 0. The van der Waals surface area contributed by atoms with Gasteiger partial charge in [-0.2, -0.15) is 0 Å². The van der Waals surface area contributed by atoms with Gasteiger partial charge in [-0.1, -0.05) is 6.07 Å². The fourth-order valence-corrected chi connectivity index (χ4v) is 5.09.